The molecule has 0 aliphatic carbocycles. The van der Waals surface area contributed by atoms with E-state index in [1.54, 1.807) is 40.8 Å². The molecule has 0 unspecified atom stereocenters. The fourth-order valence-electron chi connectivity index (χ4n) is 4.14. The second-order valence-corrected chi connectivity index (χ2v) is 10.9. The number of carbonyl (C=O) groups is 1. The number of benzene rings is 2. The number of unbranched alkanes of at least 4 members (excludes halogenated alkanes) is 5. The molecule has 5 aromatic rings. The van der Waals surface area contributed by atoms with Gasteiger partial charge in [0.05, 0.1) is 28.1 Å². The third-order valence-corrected chi connectivity index (χ3v) is 8.05. The Kier molecular flexibility index (Phi) is 8.73. The van der Waals surface area contributed by atoms with Gasteiger partial charge in [0.25, 0.3) is 5.91 Å². The van der Waals surface area contributed by atoms with Crippen LogP contribution in [0.25, 0.3) is 20.9 Å². The number of amides is 1. The maximum absolute atomic E-state index is 13.6. The molecule has 194 valence electrons. The molecule has 5 rings (SSSR count). The van der Waals surface area contributed by atoms with Gasteiger partial charge < -0.3 is 4.74 Å². The van der Waals surface area contributed by atoms with Crippen molar-refractivity contribution in [2.75, 3.05) is 11.5 Å². The molecule has 6 nitrogen and oxygen atoms in total. The monoisotopic (exact) mass is 542 g/mol. The molecular formula is C30H30N4O2S2. The van der Waals surface area contributed by atoms with Gasteiger partial charge in [-0.05, 0) is 55.0 Å². The van der Waals surface area contributed by atoms with Gasteiger partial charge >= 0.3 is 0 Å². The first-order valence-corrected chi connectivity index (χ1v) is 14.7. The van der Waals surface area contributed by atoms with Gasteiger partial charge in [-0.15, -0.1) is 22.7 Å². The molecule has 0 aliphatic rings. The first kappa shape index (κ1) is 26.0. The SMILES string of the molecule is CCCCCCCCOc1ccc(N(C(=O)c2cccnc2)c2nc(-c3nc4ccccc4s3)cs2)cc1. The molecule has 0 N–H and O–H groups in total. The number of hydrogen-bond acceptors (Lipinski definition) is 7. The van der Waals surface area contributed by atoms with Gasteiger partial charge in [0.2, 0.25) is 0 Å². The second-order valence-electron chi connectivity index (χ2n) is 8.99. The maximum Gasteiger partial charge on any atom is 0.266 e. The number of pyridine rings is 1. The van der Waals surface area contributed by atoms with Crippen molar-refractivity contribution in [1.29, 1.82) is 0 Å². The van der Waals surface area contributed by atoms with E-state index in [1.807, 2.05) is 47.8 Å². The van der Waals surface area contributed by atoms with Crippen LogP contribution in [0.4, 0.5) is 10.8 Å². The van der Waals surface area contributed by atoms with E-state index in [-0.39, 0.29) is 5.91 Å². The normalized spacial score (nSPS) is 11.1. The number of rotatable bonds is 12. The van der Waals surface area contributed by atoms with Crippen LogP contribution < -0.4 is 9.64 Å². The van der Waals surface area contributed by atoms with Crippen molar-refractivity contribution >= 4 is 49.6 Å². The zero-order valence-electron chi connectivity index (χ0n) is 21.4. The summed E-state index contributed by atoms with van der Waals surface area (Å²) in [6.07, 6.45) is 10.6. The fourth-order valence-corrected chi connectivity index (χ4v) is 5.97. The third-order valence-electron chi connectivity index (χ3n) is 6.17. The van der Waals surface area contributed by atoms with Crippen LogP contribution in [0.1, 0.15) is 55.8 Å². The molecule has 38 heavy (non-hydrogen) atoms. The Morgan fingerprint density at radius 2 is 1.74 bits per heavy atom. The van der Waals surface area contributed by atoms with Gasteiger partial charge in [0, 0.05) is 17.8 Å². The molecule has 3 heterocycles. The van der Waals surface area contributed by atoms with Gasteiger partial charge in [-0.25, -0.2) is 9.97 Å². The number of carbonyl (C=O) groups excluding carboxylic acids is 1. The smallest absolute Gasteiger partial charge is 0.266 e. The quantitative estimate of drug-likeness (QED) is 0.148. The van der Waals surface area contributed by atoms with Gasteiger partial charge in [0.1, 0.15) is 16.5 Å². The van der Waals surface area contributed by atoms with Crippen molar-refractivity contribution in [3.63, 3.8) is 0 Å². The minimum atomic E-state index is -0.191. The van der Waals surface area contributed by atoms with Crippen LogP contribution in [-0.4, -0.2) is 27.5 Å². The lowest BCUT2D eigenvalue weighted by atomic mass is 10.1. The topological polar surface area (TPSA) is 68.2 Å². The van der Waals surface area contributed by atoms with Gasteiger partial charge in [-0.3, -0.25) is 14.7 Å². The van der Waals surface area contributed by atoms with Crippen LogP contribution in [0.5, 0.6) is 5.75 Å². The Hall–Kier alpha value is -3.62. The molecule has 0 bridgehead atoms. The largest absolute Gasteiger partial charge is 0.494 e. The number of thiazole rings is 2. The summed E-state index contributed by atoms with van der Waals surface area (Å²) in [5.74, 6) is 0.606. The predicted molar refractivity (Wildman–Crippen MR) is 157 cm³/mol. The molecular weight excluding hydrogens is 512 g/mol. The summed E-state index contributed by atoms with van der Waals surface area (Å²) < 4.78 is 7.06. The Morgan fingerprint density at radius 3 is 2.53 bits per heavy atom. The molecule has 0 saturated heterocycles. The van der Waals surface area contributed by atoms with Gasteiger partial charge in [-0.2, -0.15) is 0 Å². The van der Waals surface area contributed by atoms with E-state index in [4.69, 9.17) is 14.7 Å². The number of hydrogen-bond donors (Lipinski definition) is 0. The lowest BCUT2D eigenvalue weighted by Crippen LogP contribution is -2.26. The summed E-state index contributed by atoms with van der Waals surface area (Å²) in [5.41, 5.74) is 2.92. The van der Waals surface area contributed by atoms with E-state index < -0.39 is 0 Å². The van der Waals surface area contributed by atoms with Crippen molar-refractivity contribution in [2.24, 2.45) is 0 Å². The zero-order chi connectivity index (χ0) is 26.2. The summed E-state index contributed by atoms with van der Waals surface area (Å²) in [6.45, 7) is 2.93. The molecule has 0 radical (unpaired) electrons. The molecule has 3 aromatic heterocycles. The molecule has 1 amide bonds. The molecule has 0 saturated carbocycles. The number of para-hydroxylation sites is 1. The Labute approximate surface area is 231 Å². The third kappa shape index (κ3) is 6.26. The lowest BCUT2D eigenvalue weighted by Gasteiger charge is -2.20. The van der Waals surface area contributed by atoms with Gasteiger partial charge in [-0.1, -0.05) is 51.2 Å². The van der Waals surface area contributed by atoms with Gasteiger partial charge in [0.15, 0.2) is 5.13 Å². The van der Waals surface area contributed by atoms with Crippen molar-refractivity contribution in [3.8, 4) is 16.5 Å². The highest BCUT2D eigenvalue weighted by Crippen LogP contribution is 2.36. The van der Waals surface area contributed by atoms with E-state index in [1.165, 1.54) is 43.4 Å². The van der Waals surface area contributed by atoms with Crippen molar-refractivity contribution in [3.05, 3.63) is 84.0 Å². The number of nitrogens with zero attached hydrogens (tertiary/aromatic N) is 4. The Balaban J connectivity index is 1.35. The Bertz CT molecular complexity index is 1430. The number of anilines is 2. The van der Waals surface area contributed by atoms with E-state index in [0.29, 0.717) is 17.3 Å². The van der Waals surface area contributed by atoms with Crippen molar-refractivity contribution in [2.45, 2.75) is 45.4 Å². The van der Waals surface area contributed by atoms with Crippen molar-refractivity contribution in [1.82, 2.24) is 15.0 Å². The second kappa shape index (κ2) is 12.8. The maximum atomic E-state index is 13.6. The first-order valence-electron chi connectivity index (χ1n) is 13.0. The molecule has 0 spiro atoms. The number of ether oxygens (including phenoxy) is 1. The minimum absolute atomic E-state index is 0.191. The standard InChI is InChI=1S/C30H30N4O2S2/c1-2-3-4-5-6-9-19-36-24-16-14-23(15-17-24)34(29(35)22-11-10-18-31-20-22)30-33-26(21-37-30)28-32-25-12-7-8-13-27(25)38-28/h7-8,10-18,20-21H,2-6,9,19H2,1H3. The highest BCUT2D eigenvalue weighted by atomic mass is 32.1. The molecule has 0 fully saturated rings. The van der Waals surface area contributed by atoms with Crippen molar-refractivity contribution < 1.29 is 9.53 Å². The van der Waals surface area contributed by atoms with Crippen LogP contribution in [-0.2, 0) is 0 Å². The van der Waals surface area contributed by atoms with Crippen LogP contribution in [0.2, 0.25) is 0 Å². The highest BCUT2D eigenvalue weighted by Gasteiger charge is 2.24. The fraction of sp³-hybridized carbons (Fsp3) is 0.267. The van der Waals surface area contributed by atoms with E-state index in [2.05, 4.69) is 18.0 Å². The average Bonchev–Trinajstić information content (AvgIpc) is 3.61. The molecule has 2 aromatic carbocycles. The molecule has 0 atom stereocenters. The van der Waals surface area contributed by atoms with Crippen LogP contribution in [0.3, 0.4) is 0 Å². The minimum Gasteiger partial charge on any atom is -0.494 e. The number of aromatic nitrogens is 3. The van der Waals surface area contributed by atoms with Crippen LogP contribution in [0.15, 0.2) is 78.4 Å². The molecule has 0 aliphatic heterocycles. The summed E-state index contributed by atoms with van der Waals surface area (Å²) in [4.78, 5) is 29.0. The summed E-state index contributed by atoms with van der Waals surface area (Å²) in [7, 11) is 0. The van der Waals surface area contributed by atoms with E-state index in [9.17, 15) is 4.79 Å². The zero-order valence-corrected chi connectivity index (χ0v) is 23.0. The first-order chi connectivity index (χ1) is 18.7. The summed E-state index contributed by atoms with van der Waals surface area (Å²) in [6, 6.07) is 19.2. The Morgan fingerprint density at radius 1 is 0.921 bits per heavy atom. The van der Waals surface area contributed by atoms with E-state index in [0.717, 1.165) is 38.8 Å². The molecule has 8 heteroatoms. The van der Waals surface area contributed by atoms with Crippen LogP contribution in [0, 0.1) is 0 Å². The predicted octanol–water partition coefficient (Wildman–Crippen LogP) is 8.53. The number of fused-ring (bicyclic) bond motifs is 1. The highest BCUT2D eigenvalue weighted by molar-refractivity contribution is 7.22. The van der Waals surface area contributed by atoms with Crippen LogP contribution >= 0.6 is 22.7 Å². The van der Waals surface area contributed by atoms with E-state index >= 15 is 0 Å². The lowest BCUT2D eigenvalue weighted by molar-refractivity contribution is 0.0999. The summed E-state index contributed by atoms with van der Waals surface area (Å²) >= 11 is 3.01. The average molecular weight is 543 g/mol. The summed E-state index contributed by atoms with van der Waals surface area (Å²) in [5, 5.41) is 3.36.